The van der Waals surface area contributed by atoms with Crippen molar-refractivity contribution in [1.29, 1.82) is 0 Å². The van der Waals surface area contributed by atoms with Crippen molar-refractivity contribution in [3.05, 3.63) is 30.0 Å². The van der Waals surface area contributed by atoms with E-state index in [-0.39, 0.29) is 0 Å². The van der Waals surface area contributed by atoms with Crippen LogP contribution in [-0.4, -0.2) is 22.5 Å². The molecule has 1 heterocycles. The number of fused-ring (bicyclic) bond motifs is 1. The van der Waals surface area contributed by atoms with Crippen LogP contribution < -0.4 is 5.73 Å². The summed E-state index contributed by atoms with van der Waals surface area (Å²) in [7, 11) is 0. The number of carbonyl (C=O) groups is 2. The zero-order chi connectivity index (χ0) is 14.2. The highest BCUT2D eigenvalue weighted by atomic mass is 16.6. The summed E-state index contributed by atoms with van der Waals surface area (Å²) in [6, 6.07) is 5.14. The van der Waals surface area contributed by atoms with Crippen molar-refractivity contribution in [3.8, 4) is 0 Å². The molecule has 2 aromatic rings. The molecule has 100 valence electrons. The average Bonchev–Trinajstić information content (AvgIpc) is 2.67. The Labute approximate surface area is 110 Å². The van der Waals surface area contributed by atoms with E-state index in [0.717, 1.165) is 0 Å². The van der Waals surface area contributed by atoms with Crippen LogP contribution in [-0.2, 0) is 4.74 Å². The molecule has 2 rings (SSSR count). The summed E-state index contributed by atoms with van der Waals surface area (Å²) >= 11 is 0. The molecule has 0 aliphatic rings. The summed E-state index contributed by atoms with van der Waals surface area (Å²) in [4.78, 5) is 23.2. The van der Waals surface area contributed by atoms with Gasteiger partial charge in [0, 0.05) is 22.8 Å². The molecule has 0 bridgehead atoms. The van der Waals surface area contributed by atoms with E-state index in [9.17, 15) is 9.59 Å². The number of hydrogen-bond donors (Lipinski definition) is 1. The first kappa shape index (κ1) is 13.1. The molecule has 0 fully saturated rings. The van der Waals surface area contributed by atoms with Gasteiger partial charge >= 0.3 is 6.09 Å². The van der Waals surface area contributed by atoms with Gasteiger partial charge in [-0.25, -0.2) is 4.79 Å². The number of rotatable bonds is 1. The Morgan fingerprint density at radius 1 is 1.37 bits per heavy atom. The molecule has 2 N–H and O–H groups in total. The second-order valence-electron chi connectivity index (χ2n) is 5.29. The molecule has 0 aliphatic carbocycles. The molecule has 1 aromatic carbocycles. The predicted octanol–water partition coefficient (Wildman–Crippen LogP) is 2.82. The number of aldehydes is 1. The summed E-state index contributed by atoms with van der Waals surface area (Å²) in [6.45, 7) is 5.35. The lowest BCUT2D eigenvalue weighted by atomic mass is 10.1. The van der Waals surface area contributed by atoms with Gasteiger partial charge in [-0.05, 0) is 32.9 Å². The van der Waals surface area contributed by atoms with Crippen LogP contribution in [0.2, 0.25) is 0 Å². The van der Waals surface area contributed by atoms with Crippen LogP contribution in [0, 0.1) is 0 Å². The van der Waals surface area contributed by atoms with Gasteiger partial charge in [0.25, 0.3) is 0 Å². The third-order valence-electron chi connectivity index (χ3n) is 2.61. The Kier molecular flexibility index (Phi) is 3.06. The van der Waals surface area contributed by atoms with Crippen molar-refractivity contribution >= 4 is 29.0 Å². The van der Waals surface area contributed by atoms with Gasteiger partial charge in [0.2, 0.25) is 0 Å². The van der Waals surface area contributed by atoms with Gasteiger partial charge in [-0.3, -0.25) is 9.36 Å². The number of nitrogens with zero attached hydrogens (tertiary/aromatic N) is 1. The topological polar surface area (TPSA) is 74.3 Å². The highest BCUT2D eigenvalue weighted by molar-refractivity contribution is 6.06. The van der Waals surface area contributed by atoms with E-state index < -0.39 is 11.7 Å². The molecule has 0 aliphatic heterocycles. The van der Waals surface area contributed by atoms with E-state index in [2.05, 4.69) is 0 Å². The quantitative estimate of drug-likeness (QED) is 0.632. The number of benzene rings is 1. The van der Waals surface area contributed by atoms with Gasteiger partial charge in [0.15, 0.2) is 6.29 Å². The lowest BCUT2D eigenvalue weighted by Crippen LogP contribution is -2.26. The molecule has 5 heteroatoms. The molecule has 0 spiro atoms. The first-order valence-corrected chi connectivity index (χ1v) is 5.91. The summed E-state index contributed by atoms with van der Waals surface area (Å²) < 4.78 is 6.60. The van der Waals surface area contributed by atoms with Gasteiger partial charge in [-0.1, -0.05) is 6.07 Å². The van der Waals surface area contributed by atoms with Crippen molar-refractivity contribution < 1.29 is 14.3 Å². The minimum atomic E-state index is -0.602. The van der Waals surface area contributed by atoms with Crippen molar-refractivity contribution in [3.63, 3.8) is 0 Å². The molecule has 1 aromatic heterocycles. The normalized spacial score (nSPS) is 11.5. The maximum atomic E-state index is 12.1. The number of hydrogen-bond acceptors (Lipinski definition) is 4. The van der Waals surface area contributed by atoms with Crippen molar-refractivity contribution in [2.75, 3.05) is 5.73 Å². The average molecular weight is 260 g/mol. The SMILES string of the molecule is CC(C)(C)OC(=O)n1cc(C=O)c2c(N)cccc21. The third-order valence-corrected chi connectivity index (χ3v) is 2.61. The van der Waals surface area contributed by atoms with E-state index in [1.165, 1.54) is 10.8 Å². The van der Waals surface area contributed by atoms with E-state index in [1.807, 2.05) is 0 Å². The van der Waals surface area contributed by atoms with E-state index in [4.69, 9.17) is 10.5 Å². The Balaban J connectivity index is 2.59. The second-order valence-corrected chi connectivity index (χ2v) is 5.29. The molecule has 0 amide bonds. The smallest absolute Gasteiger partial charge is 0.419 e. The highest BCUT2D eigenvalue weighted by Crippen LogP contribution is 2.26. The Morgan fingerprint density at radius 3 is 2.63 bits per heavy atom. The number of carbonyl (C=O) groups excluding carboxylic acids is 2. The van der Waals surface area contributed by atoms with E-state index in [1.54, 1.807) is 39.0 Å². The standard InChI is InChI=1S/C14H16N2O3/c1-14(2,3)19-13(18)16-7-9(8-17)12-10(15)5-4-6-11(12)16/h4-8H,15H2,1-3H3. The molecule has 19 heavy (non-hydrogen) atoms. The number of nitrogens with two attached hydrogens (primary N) is 1. The van der Waals surface area contributed by atoms with Crippen molar-refractivity contribution in [2.24, 2.45) is 0 Å². The summed E-state index contributed by atoms with van der Waals surface area (Å²) in [5.74, 6) is 0. The second kappa shape index (κ2) is 4.42. The maximum absolute atomic E-state index is 12.1. The molecule has 0 saturated heterocycles. The third kappa shape index (κ3) is 2.45. The molecule has 0 unspecified atom stereocenters. The Morgan fingerprint density at radius 2 is 2.05 bits per heavy atom. The van der Waals surface area contributed by atoms with Crippen LogP contribution in [0.5, 0.6) is 0 Å². The van der Waals surface area contributed by atoms with Gasteiger partial charge in [-0.15, -0.1) is 0 Å². The van der Waals surface area contributed by atoms with Crippen LogP contribution in [0.1, 0.15) is 31.1 Å². The van der Waals surface area contributed by atoms with E-state index >= 15 is 0 Å². The molecular formula is C14H16N2O3. The zero-order valence-electron chi connectivity index (χ0n) is 11.1. The number of aromatic nitrogens is 1. The summed E-state index contributed by atoms with van der Waals surface area (Å²) in [5.41, 5.74) is 6.65. The first-order chi connectivity index (χ1) is 8.83. The lowest BCUT2D eigenvalue weighted by molar-refractivity contribution is 0.0544. The fourth-order valence-corrected chi connectivity index (χ4v) is 1.90. The van der Waals surface area contributed by atoms with Crippen molar-refractivity contribution in [1.82, 2.24) is 4.57 Å². The molecule has 0 radical (unpaired) electrons. The van der Waals surface area contributed by atoms with Gasteiger partial charge < -0.3 is 10.5 Å². The van der Waals surface area contributed by atoms with Gasteiger partial charge in [0.1, 0.15) is 5.60 Å². The molecule has 0 saturated carbocycles. The van der Waals surface area contributed by atoms with Gasteiger partial charge in [-0.2, -0.15) is 0 Å². The van der Waals surface area contributed by atoms with Crippen LogP contribution in [0.25, 0.3) is 10.9 Å². The monoisotopic (exact) mass is 260 g/mol. The molecule has 5 nitrogen and oxygen atoms in total. The van der Waals surface area contributed by atoms with Crippen LogP contribution in [0.15, 0.2) is 24.4 Å². The molecular weight excluding hydrogens is 244 g/mol. The number of anilines is 1. The Hall–Kier alpha value is -2.30. The predicted molar refractivity (Wildman–Crippen MR) is 73.4 cm³/mol. The van der Waals surface area contributed by atoms with Crippen LogP contribution >= 0.6 is 0 Å². The first-order valence-electron chi connectivity index (χ1n) is 5.91. The minimum absolute atomic E-state index is 0.374. The van der Waals surface area contributed by atoms with Gasteiger partial charge in [0.05, 0.1) is 5.52 Å². The minimum Gasteiger partial charge on any atom is -0.443 e. The fourth-order valence-electron chi connectivity index (χ4n) is 1.90. The largest absolute Gasteiger partial charge is 0.443 e. The Bertz CT molecular complexity index is 650. The van der Waals surface area contributed by atoms with Crippen LogP contribution in [0.4, 0.5) is 10.5 Å². The number of ether oxygens (including phenoxy) is 1. The fraction of sp³-hybridized carbons (Fsp3) is 0.286. The zero-order valence-corrected chi connectivity index (χ0v) is 11.1. The van der Waals surface area contributed by atoms with E-state index in [0.29, 0.717) is 28.4 Å². The van der Waals surface area contributed by atoms with Crippen molar-refractivity contribution in [2.45, 2.75) is 26.4 Å². The van der Waals surface area contributed by atoms with Crippen LogP contribution in [0.3, 0.4) is 0 Å². The number of nitrogen functional groups attached to an aromatic ring is 1. The summed E-state index contributed by atoms with van der Waals surface area (Å²) in [6.07, 6.45) is 1.60. The molecule has 0 atom stereocenters. The maximum Gasteiger partial charge on any atom is 0.419 e. The highest BCUT2D eigenvalue weighted by Gasteiger charge is 2.21. The lowest BCUT2D eigenvalue weighted by Gasteiger charge is -2.19. The summed E-state index contributed by atoms with van der Waals surface area (Å²) in [5, 5.41) is 0.573.